The highest BCUT2D eigenvalue weighted by atomic mass is 16.5. The summed E-state index contributed by atoms with van der Waals surface area (Å²) < 4.78 is 5.40. The Morgan fingerprint density at radius 3 is 2.88 bits per heavy atom. The lowest BCUT2D eigenvalue weighted by Gasteiger charge is -2.32. The number of ether oxygens (including phenoxy) is 1. The van der Waals surface area contributed by atoms with Gasteiger partial charge in [0, 0.05) is 5.56 Å². The smallest absolute Gasteiger partial charge is 0.185 e. The zero-order chi connectivity index (χ0) is 11.8. The van der Waals surface area contributed by atoms with E-state index >= 15 is 0 Å². The van der Waals surface area contributed by atoms with Crippen LogP contribution in [0.1, 0.15) is 17.3 Å². The van der Waals surface area contributed by atoms with Gasteiger partial charge in [-0.1, -0.05) is 0 Å². The third-order valence-electron chi connectivity index (χ3n) is 2.44. The van der Waals surface area contributed by atoms with E-state index in [1.54, 1.807) is 13.0 Å². The summed E-state index contributed by atoms with van der Waals surface area (Å²) in [7, 11) is 0. The summed E-state index contributed by atoms with van der Waals surface area (Å²) in [6.45, 7) is 1.91. The predicted molar refractivity (Wildman–Crippen MR) is 57.1 cm³/mol. The van der Waals surface area contributed by atoms with Crippen LogP contribution in [0.2, 0.25) is 0 Å². The van der Waals surface area contributed by atoms with Gasteiger partial charge >= 0.3 is 0 Å². The molecule has 1 heterocycles. The summed E-state index contributed by atoms with van der Waals surface area (Å²) in [5, 5.41) is 12.6. The summed E-state index contributed by atoms with van der Waals surface area (Å²) in [5.74, 6) is 0.0475. The fourth-order valence-corrected chi connectivity index (χ4v) is 1.55. The average molecular weight is 221 g/mol. The van der Waals surface area contributed by atoms with E-state index < -0.39 is 5.60 Å². The third kappa shape index (κ3) is 1.60. The van der Waals surface area contributed by atoms with Crippen LogP contribution in [-0.2, 0) is 4.79 Å². The maximum atomic E-state index is 10.8. The van der Waals surface area contributed by atoms with Crippen LogP contribution < -0.4 is 10.1 Å². The van der Waals surface area contributed by atoms with Gasteiger partial charge in [0.1, 0.15) is 6.29 Å². The van der Waals surface area contributed by atoms with E-state index in [-0.39, 0.29) is 11.5 Å². The molecule has 0 spiro atoms. The van der Waals surface area contributed by atoms with Gasteiger partial charge in [-0.05, 0) is 19.1 Å². The molecule has 0 amide bonds. The molecule has 1 aromatic rings. The number of hydrogen-bond donors (Lipinski definition) is 2. The van der Waals surface area contributed by atoms with Crippen molar-refractivity contribution in [2.45, 2.75) is 12.5 Å². The van der Waals surface area contributed by atoms with Crippen molar-refractivity contribution >= 4 is 18.3 Å². The van der Waals surface area contributed by atoms with Crippen molar-refractivity contribution < 1.29 is 19.4 Å². The fraction of sp³-hybridized carbons (Fsp3) is 0.273. The second-order valence-corrected chi connectivity index (χ2v) is 3.92. The lowest BCUT2D eigenvalue weighted by atomic mass is 10.1. The number of carbonyl (C=O) groups is 2. The minimum absolute atomic E-state index is 0.153. The van der Waals surface area contributed by atoms with Gasteiger partial charge in [0.15, 0.2) is 23.4 Å². The van der Waals surface area contributed by atoms with E-state index in [9.17, 15) is 14.7 Å². The van der Waals surface area contributed by atoms with E-state index in [2.05, 4.69) is 5.32 Å². The molecule has 0 saturated carbocycles. The molecule has 0 aromatic heterocycles. The number of carbonyl (C=O) groups excluding carboxylic acids is 2. The number of rotatable bonds is 2. The maximum Gasteiger partial charge on any atom is 0.185 e. The molecule has 0 aliphatic carbocycles. The number of phenols is 1. The number of aldehydes is 2. The minimum Gasteiger partial charge on any atom is -0.504 e. The van der Waals surface area contributed by atoms with Crippen LogP contribution >= 0.6 is 0 Å². The Balaban J connectivity index is 2.47. The van der Waals surface area contributed by atoms with E-state index in [0.717, 1.165) is 0 Å². The Kier molecular flexibility index (Phi) is 2.30. The van der Waals surface area contributed by atoms with Gasteiger partial charge in [0.25, 0.3) is 0 Å². The topological polar surface area (TPSA) is 75.6 Å². The van der Waals surface area contributed by atoms with Crippen molar-refractivity contribution in [1.29, 1.82) is 0 Å². The first-order valence-electron chi connectivity index (χ1n) is 4.79. The standard InChI is InChI=1S/C11H11NO4/c1-11(6-14)5-12-8-2-7(4-13)3-9(15)10(8)16-11/h2-4,6,12,15H,5H2,1H3. The molecule has 0 radical (unpaired) electrons. The quantitative estimate of drug-likeness (QED) is 0.728. The van der Waals surface area contributed by atoms with Crippen LogP contribution in [-0.4, -0.2) is 29.8 Å². The van der Waals surface area contributed by atoms with Crippen molar-refractivity contribution in [2.24, 2.45) is 0 Å². The first-order valence-corrected chi connectivity index (χ1v) is 4.79. The monoisotopic (exact) mass is 221 g/mol. The number of benzene rings is 1. The first kappa shape index (κ1) is 10.5. The van der Waals surface area contributed by atoms with Crippen molar-refractivity contribution in [1.82, 2.24) is 0 Å². The average Bonchev–Trinajstić information content (AvgIpc) is 2.30. The molecular weight excluding hydrogens is 210 g/mol. The van der Waals surface area contributed by atoms with E-state index in [1.165, 1.54) is 6.07 Å². The number of hydrogen-bond acceptors (Lipinski definition) is 5. The largest absolute Gasteiger partial charge is 0.504 e. The van der Waals surface area contributed by atoms with Gasteiger partial charge in [-0.15, -0.1) is 0 Å². The zero-order valence-corrected chi connectivity index (χ0v) is 8.69. The van der Waals surface area contributed by atoms with E-state index in [0.29, 0.717) is 30.4 Å². The molecular formula is C11H11NO4. The van der Waals surface area contributed by atoms with Gasteiger partial charge in [-0.3, -0.25) is 9.59 Å². The second-order valence-electron chi connectivity index (χ2n) is 3.92. The number of anilines is 1. The molecule has 16 heavy (non-hydrogen) atoms. The molecule has 1 aliphatic rings. The lowest BCUT2D eigenvalue weighted by Crippen LogP contribution is -2.44. The highest BCUT2D eigenvalue weighted by Gasteiger charge is 2.32. The van der Waals surface area contributed by atoms with Gasteiger partial charge in [0.05, 0.1) is 12.2 Å². The Morgan fingerprint density at radius 2 is 2.25 bits per heavy atom. The predicted octanol–water partition coefficient (Wildman–Crippen LogP) is 0.967. The fourth-order valence-electron chi connectivity index (χ4n) is 1.55. The summed E-state index contributed by atoms with van der Waals surface area (Å²) in [6, 6.07) is 2.86. The van der Waals surface area contributed by atoms with Crippen molar-refractivity contribution in [2.75, 3.05) is 11.9 Å². The molecule has 5 nitrogen and oxygen atoms in total. The minimum atomic E-state index is -0.993. The Bertz CT molecular complexity index is 458. The van der Waals surface area contributed by atoms with Crippen LogP contribution in [0.3, 0.4) is 0 Å². The number of nitrogens with one attached hydrogen (secondary N) is 1. The molecule has 2 N–H and O–H groups in total. The molecule has 1 aliphatic heterocycles. The molecule has 2 rings (SSSR count). The highest BCUT2D eigenvalue weighted by Crippen LogP contribution is 2.40. The van der Waals surface area contributed by atoms with Crippen LogP contribution in [0.15, 0.2) is 12.1 Å². The van der Waals surface area contributed by atoms with Gasteiger partial charge in [0.2, 0.25) is 0 Å². The number of fused-ring (bicyclic) bond motifs is 1. The molecule has 0 saturated heterocycles. The van der Waals surface area contributed by atoms with E-state index in [1.807, 2.05) is 0 Å². The molecule has 1 aromatic carbocycles. The summed E-state index contributed by atoms with van der Waals surface area (Å²) >= 11 is 0. The molecule has 1 atom stereocenters. The lowest BCUT2D eigenvalue weighted by molar-refractivity contribution is -0.119. The van der Waals surface area contributed by atoms with Crippen molar-refractivity contribution in [3.8, 4) is 11.5 Å². The molecule has 5 heteroatoms. The number of phenolic OH excluding ortho intramolecular Hbond substituents is 1. The summed E-state index contributed by atoms with van der Waals surface area (Å²) in [5.41, 5.74) is -0.129. The Labute approximate surface area is 92.0 Å². The van der Waals surface area contributed by atoms with Gasteiger partial charge in [-0.2, -0.15) is 0 Å². The summed E-state index contributed by atoms with van der Waals surface area (Å²) in [4.78, 5) is 21.4. The van der Waals surface area contributed by atoms with Crippen LogP contribution in [0, 0.1) is 0 Å². The van der Waals surface area contributed by atoms with E-state index in [4.69, 9.17) is 4.74 Å². The SMILES string of the molecule is CC1(C=O)CNc2cc(C=O)cc(O)c2O1. The molecule has 84 valence electrons. The maximum absolute atomic E-state index is 10.8. The molecule has 0 bridgehead atoms. The summed E-state index contributed by atoms with van der Waals surface area (Å²) in [6.07, 6.45) is 1.31. The van der Waals surface area contributed by atoms with Gasteiger partial charge in [-0.25, -0.2) is 0 Å². The first-order chi connectivity index (χ1) is 7.58. The molecule has 1 unspecified atom stereocenters. The van der Waals surface area contributed by atoms with Gasteiger partial charge < -0.3 is 15.2 Å². The Morgan fingerprint density at radius 1 is 1.50 bits per heavy atom. The number of aromatic hydroxyl groups is 1. The van der Waals surface area contributed by atoms with Crippen LogP contribution in [0.5, 0.6) is 11.5 Å². The Hall–Kier alpha value is -2.04. The van der Waals surface area contributed by atoms with Crippen molar-refractivity contribution in [3.63, 3.8) is 0 Å². The van der Waals surface area contributed by atoms with Crippen LogP contribution in [0.25, 0.3) is 0 Å². The second kappa shape index (κ2) is 3.52. The highest BCUT2D eigenvalue weighted by molar-refractivity contribution is 5.82. The zero-order valence-electron chi connectivity index (χ0n) is 8.69. The normalized spacial score (nSPS) is 22.6. The van der Waals surface area contributed by atoms with Crippen LogP contribution in [0.4, 0.5) is 5.69 Å². The van der Waals surface area contributed by atoms with Crippen molar-refractivity contribution in [3.05, 3.63) is 17.7 Å². The molecule has 0 fully saturated rings. The third-order valence-corrected chi connectivity index (χ3v) is 2.44.